The van der Waals surface area contributed by atoms with E-state index in [1.54, 1.807) is 13.8 Å². The molecule has 0 bridgehead atoms. The second-order valence-corrected chi connectivity index (χ2v) is 1.09. The first-order chi connectivity index (χ1) is 1.73. The van der Waals surface area contributed by atoms with E-state index in [1.165, 1.54) is 0 Å². The normalized spacial score (nSPS) is 7.20. The van der Waals surface area contributed by atoms with E-state index in [-0.39, 0.29) is 43.0 Å². The molecule has 0 aromatic rings. The summed E-state index contributed by atoms with van der Waals surface area (Å²) in [5.41, 5.74) is 0. The number of rotatable bonds is 0. The molecule has 0 aromatic carbocycles. The molecule has 0 atom stereocenters. The molecule has 0 saturated carbocycles. The van der Waals surface area contributed by atoms with Crippen molar-refractivity contribution in [2.45, 2.75) is 20.0 Å². The van der Waals surface area contributed by atoms with Crippen LogP contribution in [0.25, 0.3) is 0 Å². The molecule has 0 spiro atoms. The second-order valence-electron chi connectivity index (χ2n) is 1.09. The molecule has 1 radical (unpaired) electrons. The number of hydrogen-bond donors (Lipinski definition) is 1. The average molecular weight is 235 g/mol. The molecule has 41 valence electrons. The molecule has 0 heterocycles. The van der Waals surface area contributed by atoms with Crippen molar-refractivity contribution in [3.8, 4) is 0 Å². The van der Waals surface area contributed by atoms with Crippen molar-refractivity contribution in [3.05, 3.63) is 0 Å². The first kappa shape index (κ1) is 9.50. The van der Waals surface area contributed by atoms with E-state index in [0.29, 0.717) is 0 Å². The maximum atomic E-state index is 8.06. The molecular formula is C3H8LuO. The summed E-state index contributed by atoms with van der Waals surface area (Å²) in [6.45, 7) is 3.44. The maximum Gasteiger partial charge on any atom is 0.0483 e. The van der Waals surface area contributed by atoms with Crippen LogP contribution in [0.2, 0.25) is 0 Å². The topological polar surface area (TPSA) is 20.2 Å². The largest absolute Gasteiger partial charge is 0.394 e. The first-order valence-electron chi connectivity index (χ1n) is 1.41. The van der Waals surface area contributed by atoms with E-state index in [9.17, 15) is 0 Å². The summed E-state index contributed by atoms with van der Waals surface area (Å²) >= 11 is 0. The Kier molecular flexibility index (Phi) is 9.87. The molecule has 0 unspecified atom stereocenters. The van der Waals surface area contributed by atoms with Crippen LogP contribution in [0.1, 0.15) is 13.8 Å². The summed E-state index contributed by atoms with van der Waals surface area (Å²) in [6.07, 6.45) is -0.167. The van der Waals surface area contributed by atoms with Crippen LogP contribution in [-0.2, 0) is 0 Å². The van der Waals surface area contributed by atoms with Crippen molar-refractivity contribution in [1.82, 2.24) is 0 Å². The molecule has 5 heavy (non-hydrogen) atoms. The number of aliphatic hydroxyl groups excluding tert-OH is 1. The SMILES string of the molecule is CC(C)O.[Lu]. The molecular weight excluding hydrogens is 227 g/mol. The van der Waals surface area contributed by atoms with Crippen LogP contribution < -0.4 is 0 Å². The van der Waals surface area contributed by atoms with Crippen molar-refractivity contribution >= 4 is 0 Å². The Morgan fingerprint density at radius 3 is 1.40 bits per heavy atom. The molecule has 0 aromatic heterocycles. The molecule has 0 fully saturated rings. The van der Waals surface area contributed by atoms with Crippen LogP contribution >= 0.6 is 0 Å². The van der Waals surface area contributed by atoms with Crippen molar-refractivity contribution in [1.29, 1.82) is 0 Å². The van der Waals surface area contributed by atoms with E-state index >= 15 is 0 Å². The van der Waals surface area contributed by atoms with Gasteiger partial charge in [0.1, 0.15) is 0 Å². The van der Waals surface area contributed by atoms with Crippen LogP contribution in [0.5, 0.6) is 0 Å². The van der Waals surface area contributed by atoms with E-state index in [2.05, 4.69) is 0 Å². The smallest absolute Gasteiger partial charge is 0.0483 e. The third-order valence-corrected chi connectivity index (χ3v) is 0. The monoisotopic (exact) mass is 235 g/mol. The summed E-state index contributed by atoms with van der Waals surface area (Å²) < 4.78 is 0. The van der Waals surface area contributed by atoms with Gasteiger partial charge in [-0.2, -0.15) is 0 Å². The Hall–Kier alpha value is 1.19. The fourth-order valence-electron chi connectivity index (χ4n) is 0. The second kappa shape index (κ2) is 5.19. The van der Waals surface area contributed by atoms with E-state index in [4.69, 9.17) is 5.11 Å². The predicted octanol–water partition coefficient (Wildman–Crippen LogP) is 0.387. The molecule has 0 amide bonds. The Labute approximate surface area is 61.6 Å². The summed E-state index contributed by atoms with van der Waals surface area (Å²) in [5.74, 6) is 0. The van der Waals surface area contributed by atoms with Gasteiger partial charge in [0.15, 0.2) is 0 Å². The Morgan fingerprint density at radius 1 is 1.40 bits per heavy atom. The van der Waals surface area contributed by atoms with Crippen molar-refractivity contribution in [2.75, 3.05) is 0 Å². The number of hydrogen-bond acceptors (Lipinski definition) is 1. The predicted molar refractivity (Wildman–Crippen MR) is 17.4 cm³/mol. The van der Waals surface area contributed by atoms with Gasteiger partial charge >= 0.3 is 0 Å². The summed E-state index contributed by atoms with van der Waals surface area (Å²) in [7, 11) is 0. The fraction of sp³-hybridized carbons (Fsp3) is 1.00. The van der Waals surface area contributed by atoms with Crippen LogP contribution in [0.4, 0.5) is 0 Å². The fourth-order valence-corrected chi connectivity index (χ4v) is 0. The van der Waals surface area contributed by atoms with Crippen LogP contribution in [0.15, 0.2) is 0 Å². The van der Waals surface area contributed by atoms with Gasteiger partial charge in [0.25, 0.3) is 0 Å². The summed E-state index contributed by atoms with van der Waals surface area (Å²) in [4.78, 5) is 0. The number of aliphatic hydroxyl groups is 1. The van der Waals surface area contributed by atoms with E-state index in [0.717, 1.165) is 0 Å². The third kappa shape index (κ3) is 37.2. The maximum absolute atomic E-state index is 8.06. The summed E-state index contributed by atoms with van der Waals surface area (Å²) in [6, 6.07) is 0. The van der Waals surface area contributed by atoms with Gasteiger partial charge in [-0.25, -0.2) is 0 Å². The Morgan fingerprint density at radius 2 is 1.40 bits per heavy atom. The molecule has 1 N–H and O–H groups in total. The van der Waals surface area contributed by atoms with Crippen molar-refractivity contribution in [3.63, 3.8) is 0 Å². The molecule has 0 saturated heterocycles. The molecule has 0 rings (SSSR count). The van der Waals surface area contributed by atoms with E-state index < -0.39 is 0 Å². The standard InChI is InChI=1S/C3H8O.Lu/c1-3(2)4;/h3-4H,1-2H3;. The first-order valence-corrected chi connectivity index (χ1v) is 1.41. The van der Waals surface area contributed by atoms with Gasteiger partial charge < -0.3 is 5.11 Å². The van der Waals surface area contributed by atoms with E-state index in [1.807, 2.05) is 0 Å². The summed E-state index contributed by atoms with van der Waals surface area (Å²) in [5, 5.41) is 8.06. The minimum Gasteiger partial charge on any atom is -0.394 e. The molecule has 0 aliphatic heterocycles. The van der Waals surface area contributed by atoms with Gasteiger partial charge in [-0.15, -0.1) is 0 Å². The van der Waals surface area contributed by atoms with Gasteiger partial charge in [-0.3, -0.25) is 0 Å². The molecule has 0 aliphatic carbocycles. The Bertz CT molecular complexity index is 11.6. The quantitative estimate of drug-likeness (QED) is 0.643. The van der Waals surface area contributed by atoms with Crippen molar-refractivity contribution < 1.29 is 42.0 Å². The van der Waals surface area contributed by atoms with Gasteiger partial charge in [0, 0.05) is 43.0 Å². The molecule has 0 aliphatic rings. The Balaban J connectivity index is 0. The van der Waals surface area contributed by atoms with Gasteiger partial charge in [0.2, 0.25) is 0 Å². The van der Waals surface area contributed by atoms with Crippen molar-refractivity contribution in [2.24, 2.45) is 0 Å². The van der Waals surface area contributed by atoms with Gasteiger partial charge in [-0.1, -0.05) is 0 Å². The minimum atomic E-state index is -0.167. The van der Waals surface area contributed by atoms with Gasteiger partial charge in [0.05, 0.1) is 0 Å². The zero-order valence-corrected chi connectivity index (χ0v) is 4.94. The molecule has 1 nitrogen and oxygen atoms in total. The van der Waals surface area contributed by atoms with Gasteiger partial charge in [-0.05, 0) is 13.8 Å². The van der Waals surface area contributed by atoms with Crippen LogP contribution in [0, 0.1) is 36.9 Å². The minimum absolute atomic E-state index is 0. The van der Waals surface area contributed by atoms with Crippen LogP contribution in [-0.4, -0.2) is 11.2 Å². The average Bonchev–Trinajstić information content (AvgIpc) is 0.811. The molecule has 2 heteroatoms. The van der Waals surface area contributed by atoms with Crippen LogP contribution in [0.3, 0.4) is 0 Å². The zero-order chi connectivity index (χ0) is 3.58. The third-order valence-electron chi connectivity index (χ3n) is 0. The zero-order valence-electron chi connectivity index (χ0n) is 3.28.